The third kappa shape index (κ3) is 2.09. The molecule has 0 spiro atoms. The maximum Gasteiger partial charge on any atom is 0.0220 e. The first-order valence-corrected chi connectivity index (χ1v) is 6.51. The Morgan fingerprint density at radius 3 is 2.69 bits per heavy atom. The van der Waals surface area contributed by atoms with Crippen LogP contribution in [0.15, 0.2) is 22.7 Å². The maximum atomic E-state index is 3.64. The average Bonchev–Trinajstić information content (AvgIpc) is 2.85. The van der Waals surface area contributed by atoms with E-state index in [0.29, 0.717) is 0 Å². The van der Waals surface area contributed by atoms with Crippen molar-refractivity contribution in [2.45, 2.75) is 25.7 Å². The van der Waals surface area contributed by atoms with Gasteiger partial charge in [0.1, 0.15) is 0 Å². The van der Waals surface area contributed by atoms with Crippen LogP contribution in [0.3, 0.4) is 0 Å². The average molecular weight is 351 g/mol. The van der Waals surface area contributed by atoms with E-state index in [0.717, 1.165) is 11.8 Å². The van der Waals surface area contributed by atoms with E-state index in [1.54, 1.807) is 0 Å². The molecule has 2 rings (SSSR count). The highest BCUT2D eigenvalue weighted by atomic mass is 127. The lowest BCUT2D eigenvalue weighted by Crippen LogP contribution is -1.99. The fraction of sp³-hybridized carbons (Fsp3) is 0.455. The molecule has 2 heteroatoms. The van der Waals surface area contributed by atoms with Gasteiger partial charge in [-0.1, -0.05) is 28.9 Å². The second kappa shape index (κ2) is 3.89. The van der Waals surface area contributed by atoms with Gasteiger partial charge in [-0.3, -0.25) is 0 Å². The van der Waals surface area contributed by atoms with Crippen molar-refractivity contribution in [2.24, 2.45) is 5.92 Å². The molecular formula is C11H12BrI. The molecule has 0 aromatic heterocycles. The number of rotatable bonds is 2. The van der Waals surface area contributed by atoms with Crippen molar-refractivity contribution in [3.05, 3.63) is 31.8 Å². The second-order valence-electron chi connectivity index (χ2n) is 3.76. The van der Waals surface area contributed by atoms with Gasteiger partial charge in [0.15, 0.2) is 0 Å². The lowest BCUT2D eigenvalue weighted by atomic mass is 9.97. The summed E-state index contributed by atoms with van der Waals surface area (Å²) in [6.07, 6.45) is 2.83. The predicted molar refractivity (Wildman–Crippen MR) is 68.0 cm³/mol. The molecule has 1 fully saturated rings. The first kappa shape index (κ1) is 9.97. The van der Waals surface area contributed by atoms with Crippen LogP contribution < -0.4 is 0 Å². The summed E-state index contributed by atoms with van der Waals surface area (Å²) in [5.41, 5.74) is 1.51. The van der Waals surface area contributed by atoms with Gasteiger partial charge in [-0.25, -0.2) is 0 Å². The van der Waals surface area contributed by atoms with Crippen molar-refractivity contribution >= 4 is 38.5 Å². The molecule has 1 aliphatic rings. The molecule has 0 aliphatic heterocycles. The van der Waals surface area contributed by atoms with Gasteiger partial charge >= 0.3 is 0 Å². The van der Waals surface area contributed by atoms with Crippen LogP contribution in [0, 0.1) is 9.49 Å². The zero-order chi connectivity index (χ0) is 9.42. The summed E-state index contributed by atoms with van der Waals surface area (Å²) >= 11 is 6.07. The molecule has 0 amide bonds. The molecular weight excluding hydrogens is 339 g/mol. The Labute approximate surface area is 101 Å². The van der Waals surface area contributed by atoms with Crippen LogP contribution in [-0.4, -0.2) is 0 Å². The van der Waals surface area contributed by atoms with Crippen LogP contribution in [0.4, 0.5) is 0 Å². The molecule has 0 heterocycles. The van der Waals surface area contributed by atoms with E-state index in [9.17, 15) is 0 Å². The highest BCUT2D eigenvalue weighted by Gasteiger charge is 2.30. The van der Waals surface area contributed by atoms with E-state index in [-0.39, 0.29) is 0 Å². The van der Waals surface area contributed by atoms with E-state index < -0.39 is 0 Å². The molecule has 13 heavy (non-hydrogen) atoms. The van der Waals surface area contributed by atoms with Crippen LogP contribution in [0.2, 0.25) is 0 Å². The minimum absolute atomic E-state index is 0.725. The van der Waals surface area contributed by atoms with E-state index in [1.165, 1.54) is 26.4 Å². The molecule has 70 valence electrons. The van der Waals surface area contributed by atoms with Gasteiger partial charge in [0.05, 0.1) is 0 Å². The van der Waals surface area contributed by atoms with Gasteiger partial charge in [0, 0.05) is 8.04 Å². The van der Waals surface area contributed by atoms with Crippen LogP contribution in [0.5, 0.6) is 0 Å². The van der Waals surface area contributed by atoms with E-state index in [1.807, 2.05) is 0 Å². The number of hydrogen-bond donors (Lipinski definition) is 0. The Balaban J connectivity index is 2.36. The first-order valence-electron chi connectivity index (χ1n) is 4.64. The van der Waals surface area contributed by atoms with Crippen molar-refractivity contribution < 1.29 is 0 Å². The molecule has 0 bridgehead atoms. The zero-order valence-electron chi connectivity index (χ0n) is 7.56. The summed E-state index contributed by atoms with van der Waals surface area (Å²) in [7, 11) is 0. The van der Waals surface area contributed by atoms with E-state index in [2.05, 4.69) is 63.6 Å². The van der Waals surface area contributed by atoms with Crippen molar-refractivity contribution in [1.82, 2.24) is 0 Å². The first-order chi connectivity index (χ1) is 6.20. The summed E-state index contributed by atoms with van der Waals surface area (Å²) in [6.45, 7) is 2.35. The molecule has 0 unspecified atom stereocenters. The monoisotopic (exact) mass is 350 g/mol. The van der Waals surface area contributed by atoms with Crippen LogP contribution in [-0.2, 0) is 0 Å². The van der Waals surface area contributed by atoms with Gasteiger partial charge in [-0.15, -0.1) is 0 Å². The molecule has 0 N–H and O–H groups in total. The lowest BCUT2D eigenvalue weighted by Gasteiger charge is -2.14. The normalized spacial score (nSPS) is 18.7. The molecule has 0 radical (unpaired) electrons. The Morgan fingerprint density at radius 2 is 2.15 bits per heavy atom. The van der Waals surface area contributed by atoms with Gasteiger partial charge in [0.25, 0.3) is 0 Å². The molecule has 0 saturated heterocycles. The molecule has 0 nitrogen and oxygen atoms in total. The molecule has 1 aromatic rings. The standard InChI is InChI=1S/C11H12BrI/c1-7(8-5-6-8)11-9(12)3-2-4-10(11)13/h2-4,7-8H,5-6H2,1H3/t7-/m1/s1. The smallest absolute Gasteiger partial charge is 0.0220 e. The number of halogens is 2. The predicted octanol–water partition coefficient (Wildman–Crippen LogP) is 4.57. The molecule has 1 aliphatic carbocycles. The summed E-state index contributed by atoms with van der Waals surface area (Å²) in [6, 6.07) is 6.45. The molecule has 1 atom stereocenters. The van der Waals surface area contributed by atoms with Gasteiger partial charge < -0.3 is 0 Å². The number of hydrogen-bond acceptors (Lipinski definition) is 0. The highest BCUT2D eigenvalue weighted by molar-refractivity contribution is 14.1. The minimum Gasteiger partial charge on any atom is -0.0601 e. The summed E-state index contributed by atoms with van der Waals surface area (Å²) in [5.74, 6) is 1.66. The lowest BCUT2D eigenvalue weighted by molar-refractivity contribution is 0.658. The molecule has 1 aromatic carbocycles. The zero-order valence-corrected chi connectivity index (χ0v) is 11.3. The van der Waals surface area contributed by atoms with Crippen molar-refractivity contribution in [3.8, 4) is 0 Å². The van der Waals surface area contributed by atoms with Crippen molar-refractivity contribution in [3.63, 3.8) is 0 Å². The summed E-state index contributed by atoms with van der Waals surface area (Å²) in [4.78, 5) is 0. The molecule has 1 saturated carbocycles. The quantitative estimate of drug-likeness (QED) is 0.685. The third-order valence-corrected chi connectivity index (χ3v) is 4.42. The summed E-state index contributed by atoms with van der Waals surface area (Å²) in [5, 5.41) is 0. The number of benzene rings is 1. The maximum absolute atomic E-state index is 3.64. The van der Waals surface area contributed by atoms with E-state index >= 15 is 0 Å². The Morgan fingerprint density at radius 1 is 1.46 bits per heavy atom. The van der Waals surface area contributed by atoms with Gasteiger partial charge in [0.2, 0.25) is 0 Å². The van der Waals surface area contributed by atoms with E-state index in [4.69, 9.17) is 0 Å². The van der Waals surface area contributed by atoms with Crippen LogP contribution in [0.25, 0.3) is 0 Å². The van der Waals surface area contributed by atoms with Gasteiger partial charge in [-0.05, 0) is 65.0 Å². The third-order valence-electron chi connectivity index (χ3n) is 2.78. The summed E-state index contributed by atoms with van der Waals surface area (Å²) < 4.78 is 2.67. The SMILES string of the molecule is C[C@@H](c1c(Br)cccc1I)C1CC1. The minimum atomic E-state index is 0.725. The largest absolute Gasteiger partial charge is 0.0601 e. The fourth-order valence-corrected chi connectivity index (χ4v) is 3.86. The fourth-order valence-electron chi connectivity index (χ4n) is 1.78. The Bertz CT molecular complexity index is 298. The Kier molecular flexibility index (Phi) is 2.98. The van der Waals surface area contributed by atoms with Crippen molar-refractivity contribution in [1.29, 1.82) is 0 Å². The second-order valence-corrected chi connectivity index (χ2v) is 5.78. The van der Waals surface area contributed by atoms with Crippen LogP contribution in [0.1, 0.15) is 31.2 Å². The van der Waals surface area contributed by atoms with Crippen molar-refractivity contribution in [2.75, 3.05) is 0 Å². The topological polar surface area (TPSA) is 0 Å². The van der Waals surface area contributed by atoms with Crippen LogP contribution >= 0.6 is 38.5 Å². The Hall–Kier alpha value is 0.430. The van der Waals surface area contributed by atoms with Gasteiger partial charge in [-0.2, -0.15) is 0 Å². The highest BCUT2D eigenvalue weighted by Crippen LogP contribution is 2.45.